The highest BCUT2D eigenvalue weighted by Gasteiger charge is 2.29. The second kappa shape index (κ2) is 7.38. The molecule has 0 saturated heterocycles. The van der Waals surface area contributed by atoms with E-state index in [1.807, 2.05) is 19.1 Å². The lowest BCUT2D eigenvalue weighted by Crippen LogP contribution is -2.07. The number of halogens is 3. The van der Waals surface area contributed by atoms with E-state index in [1.165, 1.54) is 12.1 Å². The minimum absolute atomic E-state index is 0.427. The van der Waals surface area contributed by atoms with Crippen LogP contribution in [0.1, 0.15) is 16.8 Å². The van der Waals surface area contributed by atoms with E-state index in [1.54, 1.807) is 18.5 Å². The van der Waals surface area contributed by atoms with E-state index in [-0.39, 0.29) is 0 Å². The van der Waals surface area contributed by atoms with Crippen LogP contribution >= 0.6 is 0 Å². The molecule has 5 nitrogen and oxygen atoms in total. The number of nitrogens with zero attached hydrogens (tertiary/aromatic N) is 3. The van der Waals surface area contributed by atoms with Crippen LogP contribution in [0.15, 0.2) is 54.9 Å². The zero-order valence-electron chi connectivity index (χ0n) is 13.9. The van der Waals surface area contributed by atoms with Gasteiger partial charge in [-0.1, -0.05) is 0 Å². The number of aromatic nitrogens is 3. The van der Waals surface area contributed by atoms with Crippen molar-refractivity contribution in [1.82, 2.24) is 15.0 Å². The van der Waals surface area contributed by atoms with Crippen LogP contribution in [0, 0.1) is 6.92 Å². The molecule has 0 fully saturated rings. The smallest absolute Gasteiger partial charge is 0.350 e. The zero-order valence-corrected chi connectivity index (χ0v) is 13.9. The molecule has 2 N–H and O–H groups in total. The summed E-state index contributed by atoms with van der Waals surface area (Å²) in [6.07, 6.45) is -0.953. The van der Waals surface area contributed by atoms with Crippen LogP contribution in [0.5, 0.6) is 0 Å². The number of benzene rings is 1. The fourth-order valence-electron chi connectivity index (χ4n) is 2.28. The summed E-state index contributed by atoms with van der Waals surface area (Å²) in [7, 11) is 0. The molecule has 8 heteroatoms. The number of rotatable bonds is 5. The standard InChI is InChI=1S/C18H16F3N5/c1-12-10-16(25-15-4-2-14(3-5-15)18(19,20)21)26-17(24-12)23-11-13-6-8-22-9-7-13/h2-10H,11H2,1H3,(H2,23,24,25,26). The topological polar surface area (TPSA) is 62.7 Å². The fraction of sp³-hybridized carbons (Fsp3) is 0.167. The number of nitrogens with one attached hydrogen (secondary N) is 2. The van der Waals surface area contributed by atoms with Gasteiger partial charge in [0.15, 0.2) is 0 Å². The lowest BCUT2D eigenvalue weighted by Gasteiger charge is -2.11. The number of hydrogen-bond acceptors (Lipinski definition) is 5. The van der Waals surface area contributed by atoms with Crippen molar-refractivity contribution in [3.05, 3.63) is 71.7 Å². The van der Waals surface area contributed by atoms with E-state index in [9.17, 15) is 13.2 Å². The Kier molecular flexibility index (Phi) is 5.01. The van der Waals surface area contributed by atoms with Crippen molar-refractivity contribution in [1.29, 1.82) is 0 Å². The van der Waals surface area contributed by atoms with E-state index in [0.717, 1.165) is 23.4 Å². The Morgan fingerprint density at radius 3 is 2.31 bits per heavy atom. The van der Waals surface area contributed by atoms with Crippen LogP contribution in [-0.2, 0) is 12.7 Å². The van der Waals surface area contributed by atoms with Gasteiger partial charge >= 0.3 is 6.18 Å². The third kappa shape index (κ3) is 4.69. The van der Waals surface area contributed by atoms with Gasteiger partial charge in [0.2, 0.25) is 5.95 Å². The van der Waals surface area contributed by atoms with Crippen LogP contribution in [0.3, 0.4) is 0 Å². The molecule has 0 saturated carbocycles. The summed E-state index contributed by atoms with van der Waals surface area (Å²) in [4.78, 5) is 12.6. The average Bonchev–Trinajstić information content (AvgIpc) is 2.60. The van der Waals surface area contributed by atoms with Crippen molar-refractivity contribution in [2.24, 2.45) is 0 Å². The average molecular weight is 359 g/mol. The summed E-state index contributed by atoms with van der Waals surface area (Å²) >= 11 is 0. The molecular formula is C18H16F3N5. The van der Waals surface area contributed by atoms with Crippen molar-refractivity contribution in [3.8, 4) is 0 Å². The summed E-state index contributed by atoms with van der Waals surface area (Å²) in [6, 6.07) is 10.3. The molecule has 1 aromatic carbocycles. The molecular weight excluding hydrogens is 343 g/mol. The van der Waals surface area contributed by atoms with E-state index in [2.05, 4.69) is 25.6 Å². The molecule has 0 aliphatic rings. The summed E-state index contributed by atoms with van der Waals surface area (Å²) in [6.45, 7) is 2.35. The molecule has 0 unspecified atom stereocenters. The first-order valence-electron chi connectivity index (χ1n) is 7.83. The molecule has 0 aliphatic carbocycles. The molecule has 3 aromatic rings. The van der Waals surface area contributed by atoms with E-state index in [0.29, 0.717) is 24.0 Å². The molecule has 3 rings (SSSR count). The Hall–Kier alpha value is -3.16. The van der Waals surface area contributed by atoms with E-state index in [4.69, 9.17) is 0 Å². The maximum Gasteiger partial charge on any atom is 0.416 e. The highest BCUT2D eigenvalue weighted by atomic mass is 19.4. The summed E-state index contributed by atoms with van der Waals surface area (Å²) in [5.74, 6) is 0.922. The van der Waals surface area contributed by atoms with Crippen molar-refractivity contribution in [2.75, 3.05) is 10.6 Å². The maximum absolute atomic E-state index is 12.6. The Balaban J connectivity index is 1.71. The molecule has 2 aromatic heterocycles. The maximum atomic E-state index is 12.6. The highest BCUT2D eigenvalue weighted by Crippen LogP contribution is 2.30. The molecule has 26 heavy (non-hydrogen) atoms. The number of aryl methyl sites for hydroxylation is 1. The first kappa shape index (κ1) is 17.7. The molecule has 2 heterocycles. The zero-order chi connectivity index (χ0) is 18.6. The fourth-order valence-corrected chi connectivity index (χ4v) is 2.28. The van der Waals surface area contributed by atoms with Crippen molar-refractivity contribution in [2.45, 2.75) is 19.6 Å². The molecule has 0 spiro atoms. The largest absolute Gasteiger partial charge is 0.416 e. The predicted octanol–water partition coefficient (Wildman–Crippen LogP) is 4.55. The predicted molar refractivity (Wildman–Crippen MR) is 93.1 cm³/mol. The van der Waals surface area contributed by atoms with Crippen molar-refractivity contribution < 1.29 is 13.2 Å². The third-order valence-electron chi connectivity index (χ3n) is 3.54. The molecule has 134 valence electrons. The first-order chi connectivity index (χ1) is 12.4. The van der Waals surface area contributed by atoms with Crippen LogP contribution in [0.25, 0.3) is 0 Å². The Labute approximate surface area is 148 Å². The second-order valence-electron chi connectivity index (χ2n) is 5.63. The molecule has 0 atom stereocenters. The summed E-state index contributed by atoms with van der Waals surface area (Å²) < 4.78 is 37.9. The molecule has 0 radical (unpaired) electrons. The third-order valence-corrected chi connectivity index (χ3v) is 3.54. The van der Waals surface area contributed by atoms with Crippen LogP contribution in [0.2, 0.25) is 0 Å². The van der Waals surface area contributed by atoms with Crippen LogP contribution in [0.4, 0.5) is 30.6 Å². The van der Waals surface area contributed by atoms with Gasteiger partial charge in [0.25, 0.3) is 0 Å². The highest BCUT2D eigenvalue weighted by molar-refractivity contribution is 5.58. The SMILES string of the molecule is Cc1cc(Nc2ccc(C(F)(F)F)cc2)nc(NCc2ccncc2)n1. The first-order valence-corrected chi connectivity index (χ1v) is 7.83. The van der Waals surface area contributed by atoms with Crippen LogP contribution in [-0.4, -0.2) is 15.0 Å². The molecule has 0 amide bonds. The Morgan fingerprint density at radius 2 is 1.65 bits per heavy atom. The van der Waals surface area contributed by atoms with E-state index < -0.39 is 11.7 Å². The summed E-state index contributed by atoms with van der Waals surface area (Å²) in [5.41, 5.74) is 1.58. The lowest BCUT2D eigenvalue weighted by molar-refractivity contribution is -0.137. The van der Waals surface area contributed by atoms with Gasteiger partial charge < -0.3 is 10.6 Å². The molecule has 0 bridgehead atoms. The van der Waals surface area contributed by atoms with Gasteiger partial charge in [-0.2, -0.15) is 18.2 Å². The number of hydrogen-bond donors (Lipinski definition) is 2. The molecule has 0 aliphatic heterocycles. The minimum atomic E-state index is -4.35. The number of alkyl halides is 3. The number of pyridine rings is 1. The van der Waals surface area contributed by atoms with Crippen LogP contribution < -0.4 is 10.6 Å². The number of anilines is 3. The van der Waals surface area contributed by atoms with Gasteiger partial charge in [-0.3, -0.25) is 4.98 Å². The van der Waals surface area contributed by atoms with Gasteiger partial charge in [0.1, 0.15) is 5.82 Å². The van der Waals surface area contributed by atoms with Gasteiger partial charge in [-0.15, -0.1) is 0 Å². The van der Waals surface area contributed by atoms with Crippen molar-refractivity contribution >= 4 is 17.5 Å². The van der Waals surface area contributed by atoms with Gasteiger partial charge in [-0.05, 0) is 48.9 Å². The van der Waals surface area contributed by atoms with Gasteiger partial charge in [-0.25, -0.2) is 4.98 Å². The second-order valence-corrected chi connectivity index (χ2v) is 5.63. The quantitative estimate of drug-likeness (QED) is 0.699. The minimum Gasteiger partial charge on any atom is -0.350 e. The lowest BCUT2D eigenvalue weighted by atomic mass is 10.2. The Bertz CT molecular complexity index is 864. The van der Waals surface area contributed by atoms with Gasteiger partial charge in [0.05, 0.1) is 5.56 Å². The Morgan fingerprint density at radius 1 is 0.962 bits per heavy atom. The van der Waals surface area contributed by atoms with E-state index >= 15 is 0 Å². The van der Waals surface area contributed by atoms with Crippen molar-refractivity contribution in [3.63, 3.8) is 0 Å². The monoisotopic (exact) mass is 359 g/mol. The summed E-state index contributed by atoms with van der Waals surface area (Å²) in [5, 5.41) is 6.11. The normalized spacial score (nSPS) is 11.2. The van der Waals surface area contributed by atoms with Gasteiger partial charge in [0, 0.05) is 36.4 Å².